The van der Waals surface area contributed by atoms with Crippen LogP contribution in [-0.2, 0) is 24.1 Å². The second-order valence-corrected chi connectivity index (χ2v) is 9.76. The van der Waals surface area contributed by atoms with Gasteiger partial charge in [0, 0.05) is 63.2 Å². The first-order chi connectivity index (χ1) is 15.7. The first-order valence-electron chi connectivity index (χ1n) is 12.2. The minimum Gasteiger partial charge on any atom is -0.382 e. The van der Waals surface area contributed by atoms with Crippen LogP contribution in [0.4, 0.5) is 5.69 Å². The number of benzene rings is 2. The molecule has 0 radical (unpaired) electrons. The molecular formula is C27H35N3O2. The van der Waals surface area contributed by atoms with Gasteiger partial charge < -0.3 is 15.0 Å². The summed E-state index contributed by atoms with van der Waals surface area (Å²) in [5, 5.41) is 3.63. The molecule has 3 heterocycles. The third-order valence-electron chi connectivity index (χ3n) is 7.18. The van der Waals surface area contributed by atoms with Gasteiger partial charge in [-0.2, -0.15) is 0 Å². The first-order valence-corrected chi connectivity index (χ1v) is 12.2. The molecule has 1 N–H and O–H groups in total. The summed E-state index contributed by atoms with van der Waals surface area (Å²) in [6.45, 7) is 8.78. The number of hydrogen-bond acceptors (Lipinski definition) is 4. The van der Waals surface area contributed by atoms with Gasteiger partial charge in [0.2, 0.25) is 0 Å². The standard InChI is InChI=1S/C27H35N3O2/c1-20(17-29-12-8-21-4-2-3-5-23(21)19-29)18-30-13-9-22-16-25(6-7-26(22)27(30)31)28-24-10-14-32-15-11-24/h2-7,16,20,24,28H,8-15,17-19H2,1H3/t20-/m1/s1. The predicted octanol–water partition coefficient (Wildman–Crippen LogP) is 3.97. The molecule has 2 aromatic carbocycles. The highest BCUT2D eigenvalue weighted by Crippen LogP contribution is 2.25. The average molecular weight is 434 g/mol. The zero-order valence-electron chi connectivity index (χ0n) is 19.2. The molecule has 3 aliphatic heterocycles. The van der Waals surface area contributed by atoms with Crippen molar-refractivity contribution in [2.45, 2.75) is 45.2 Å². The fraction of sp³-hybridized carbons (Fsp3) is 0.519. The van der Waals surface area contributed by atoms with E-state index in [-0.39, 0.29) is 5.91 Å². The van der Waals surface area contributed by atoms with Gasteiger partial charge in [-0.05, 0) is 66.5 Å². The molecule has 0 aliphatic carbocycles. The third-order valence-corrected chi connectivity index (χ3v) is 7.18. The van der Waals surface area contributed by atoms with Crippen LogP contribution in [0.25, 0.3) is 0 Å². The molecule has 5 rings (SSSR count). The number of hydrogen-bond donors (Lipinski definition) is 1. The molecule has 170 valence electrons. The Bertz CT molecular complexity index is 954. The van der Waals surface area contributed by atoms with Gasteiger partial charge in [0.05, 0.1) is 0 Å². The van der Waals surface area contributed by atoms with E-state index in [2.05, 4.69) is 58.4 Å². The zero-order chi connectivity index (χ0) is 21.9. The van der Waals surface area contributed by atoms with Crippen molar-refractivity contribution in [2.75, 3.05) is 44.7 Å². The van der Waals surface area contributed by atoms with Crippen LogP contribution in [0.3, 0.4) is 0 Å². The number of anilines is 1. The summed E-state index contributed by atoms with van der Waals surface area (Å²) in [5.41, 5.74) is 6.15. The number of fused-ring (bicyclic) bond motifs is 2. The smallest absolute Gasteiger partial charge is 0.254 e. The topological polar surface area (TPSA) is 44.8 Å². The van der Waals surface area contributed by atoms with Gasteiger partial charge in [0.15, 0.2) is 0 Å². The first kappa shape index (κ1) is 21.5. The van der Waals surface area contributed by atoms with E-state index < -0.39 is 0 Å². The van der Waals surface area contributed by atoms with Crippen molar-refractivity contribution < 1.29 is 9.53 Å². The molecule has 5 nitrogen and oxygen atoms in total. The maximum Gasteiger partial charge on any atom is 0.254 e. The number of nitrogens with zero attached hydrogens (tertiary/aromatic N) is 2. The van der Waals surface area contributed by atoms with Crippen molar-refractivity contribution in [3.63, 3.8) is 0 Å². The molecule has 0 saturated carbocycles. The molecule has 0 unspecified atom stereocenters. The molecule has 1 fully saturated rings. The normalized spacial score (nSPS) is 20.5. The Balaban J connectivity index is 1.16. The van der Waals surface area contributed by atoms with E-state index in [9.17, 15) is 4.79 Å². The lowest BCUT2D eigenvalue weighted by atomic mass is 9.96. The van der Waals surface area contributed by atoms with E-state index in [0.29, 0.717) is 12.0 Å². The van der Waals surface area contributed by atoms with Crippen molar-refractivity contribution >= 4 is 11.6 Å². The Morgan fingerprint density at radius 3 is 2.62 bits per heavy atom. The van der Waals surface area contributed by atoms with Crippen molar-refractivity contribution in [1.82, 2.24) is 9.80 Å². The van der Waals surface area contributed by atoms with E-state index in [4.69, 9.17) is 4.74 Å². The van der Waals surface area contributed by atoms with Crippen molar-refractivity contribution in [3.8, 4) is 0 Å². The van der Waals surface area contributed by atoms with Gasteiger partial charge >= 0.3 is 0 Å². The van der Waals surface area contributed by atoms with Crippen molar-refractivity contribution in [1.29, 1.82) is 0 Å². The number of carbonyl (C=O) groups is 1. The quantitative estimate of drug-likeness (QED) is 0.749. The van der Waals surface area contributed by atoms with Gasteiger partial charge in [-0.25, -0.2) is 0 Å². The summed E-state index contributed by atoms with van der Waals surface area (Å²) >= 11 is 0. The largest absolute Gasteiger partial charge is 0.382 e. The van der Waals surface area contributed by atoms with E-state index in [1.54, 1.807) is 0 Å². The fourth-order valence-corrected chi connectivity index (χ4v) is 5.46. The Morgan fingerprint density at radius 1 is 1.00 bits per heavy atom. The number of carbonyl (C=O) groups excluding carboxylic acids is 1. The van der Waals surface area contributed by atoms with E-state index in [1.165, 1.54) is 16.7 Å². The van der Waals surface area contributed by atoms with Crippen LogP contribution in [0.15, 0.2) is 42.5 Å². The van der Waals surface area contributed by atoms with Gasteiger partial charge in [0.25, 0.3) is 5.91 Å². The summed E-state index contributed by atoms with van der Waals surface area (Å²) in [5.74, 6) is 0.653. The van der Waals surface area contributed by atoms with Crippen LogP contribution in [-0.4, -0.2) is 61.1 Å². The number of nitrogens with one attached hydrogen (secondary N) is 1. The van der Waals surface area contributed by atoms with Crippen molar-refractivity contribution in [2.24, 2.45) is 5.92 Å². The van der Waals surface area contributed by atoms with Crippen molar-refractivity contribution in [3.05, 3.63) is 64.7 Å². The molecule has 1 amide bonds. The monoisotopic (exact) mass is 433 g/mol. The van der Waals surface area contributed by atoms with Gasteiger partial charge in [0.1, 0.15) is 0 Å². The second-order valence-electron chi connectivity index (χ2n) is 9.76. The lowest BCUT2D eigenvalue weighted by molar-refractivity contribution is 0.0697. The van der Waals surface area contributed by atoms with Crippen LogP contribution in [0.1, 0.15) is 46.8 Å². The SMILES string of the molecule is C[C@H](CN1CCc2ccccc2C1)CN1CCc2cc(NC3CCOCC3)ccc2C1=O. The van der Waals surface area contributed by atoms with Gasteiger partial charge in [-0.3, -0.25) is 9.69 Å². The average Bonchev–Trinajstić information content (AvgIpc) is 2.81. The van der Waals surface area contributed by atoms with Crippen LogP contribution in [0.5, 0.6) is 0 Å². The maximum absolute atomic E-state index is 13.2. The summed E-state index contributed by atoms with van der Waals surface area (Å²) in [6, 6.07) is 15.5. The van der Waals surface area contributed by atoms with Gasteiger partial charge in [-0.1, -0.05) is 31.2 Å². The summed E-state index contributed by atoms with van der Waals surface area (Å²) < 4.78 is 5.46. The summed E-state index contributed by atoms with van der Waals surface area (Å²) in [6.07, 6.45) is 4.16. The fourth-order valence-electron chi connectivity index (χ4n) is 5.46. The van der Waals surface area contributed by atoms with Gasteiger partial charge in [-0.15, -0.1) is 0 Å². The third kappa shape index (κ3) is 4.84. The van der Waals surface area contributed by atoms with Crippen LogP contribution >= 0.6 is 0 Å². The maximum atomic E-state index is 13.2. The molecule has 0 spiro atoms. The Hall–Kier alpha value is -2.37. The van der Waals surface area contributed by atoms with Crippen LogP contribution in [0, 0.1) is 5.92 Å². The highest BCUT2D eigenvalue weighted by molar-refractivity contribution is 5.97. The molecule has 0 bridgehead atoms. The zero-order valence-corrected chi connectivity index (χ0v) is 19.2. The minimum absolute atomic E-state index is 0.194. The Labute approximate surface area is 191 Å². The molecule has 0 aromatic heterocycles. The lowest BCUT2D eigenvalue weighted by Gasteiger charge is -2.34. The second kappa shape index (κ2) is 9.63. The number of rotatable bonds is 6. The summed E-state index contributed by atoms with van der Waals surface area (Å²) in [7, 11) is 0. The molecule has 1 atom stereocenters. The molecular weight excluding hydrogens is 398 g/mol. The summed E-state index contributed by atoms with van der Waals surface area (Å²) in [4.78, 5) is 17.8. The Morgan fingerprint density at radius 2 is 1.78 bits per heavy atom. The molecule has 2 aromatic rings. The molecule has 32 heavy (non-hydrogen) atoms. The highest BCUT2D eigenvalue weighted by Gasteiger charge is 2.27. The highest BCUT2D eigenvalue weighted by atomic mass is 16.5. The number of ether oxygens (including phenoxy) is 1. The van der Waals surface area contributed by atoms with Crippen LogP contribution in [0.2, 0.25) is 0 Å². The van der Waals surface area contributed by atoms with E-state index in [1.807, 2.05) is 6.07 Å². The van der Waals surface area contributed by atoms with E-state index in [0.717, 1.165) is 82.9 Å². The molecule has 1 saturated heterocycles. The molecule has 5 heteroatoms. The Kier molecular flexibility index (Phi) is 6.47. The number of amides is 1. The minimum atomic E-state index is 0.194. The van der Waals surface area contributed by atoms with E-state index >= 15 is 0 Å². The predicted molar refractivity (Wildman–Crippen MR) is 128 cm³/mol. The molecule has 3 aliphatic rings. The van der Waals surface area contributed by atoms with Crippen LogP contribution < -0.4 is 5.32 Å². The lowest BCUT2D eigenvalue weighted by Crippen LogP contribution is -2.43.